The van der Waals surface area contributed by atoms with Crippen LogP contribution in [0.3, 0.4) is 0 Å². The highest BCUT2D eigenvalue weighted by Crippen LogP contribution is 2.29. The highest BCUT2D eigenvalue weighted by atomic mass is 16.5. The standard InChI is InChI=1S/C17H21N7O6/c1-9-6-22(16(28)19-14(9)26)3-4-23-15(27)10(2)7-24(17(23)29)13-5-11(20-21-18)12(8-25)30-13/h6-7,11-13,25H,3-5,8H2,1-2H3,(H,19,26,28)/t11-,12+,13+/m0/s1. The predicted molar refractivity (Wildman–Crippen MR) is 104 cm³/mol. The minimum Gasteiger partial charge on any atom is -0.394 e. The number of aromatic amines is 1. The summed E-state index contributed by atoms with van der Waals surface area (Å²) in [5.74, 6) is 0. The second-order valence-electron chi connectivity index (χ2n) is 7.04. The number of nitrogens with zero attached hydrogens (tertiary/aromatic N) is 6. The number of H-pyrrole nitrogens is 1. The molecule has 0 radical (unpaired) electrons. The quantitative estimate of drug-likeness (QED) is 0.349. The number of aryl methyl sites for hydroxylation is 3. The van der Waals surface area contributed by atoms with Crippen molar-refractivity contribution >= 4 is 0 Å². The zero-order chi connectivity index (χ0) is 22.0. The van der Waals surface area contributed by atoms with E-state index in [-0.39, 0.29) is 31.7 Å². The molecule has 2 aromatic rings. The minimum absolute atomic E-state index is 0.0127. The lowest BCUT2D eigenvalue weighted by molar-refractivity contribution is -0.0277. The van der Waals surface area contributed by atoms with Crippen molar-refractivity contribution in [2.24, 2.45) is 5.11 Å². The van der Waals surface area contributed by atoms with Gasteiger partial charge in [0, 0.05) is 47.9 Å². The Morgan fingerprint density at radius 1 is 1.23 bits per heavy atom. The molecule has 3 atom stereocenters. The normalized spacial score (nSPS) is 20.8. The Balaban J connectivity index is 1.95. The fraction of sp³-hybridized carbons (Fsp3) is 0.529. The summed E-state index contributed by atoms with van der Waals surface area (Å²) in [6.07, 6.45) is 1.28. The van der Waals surface area contributed by atoms with Crippen LogP contribution in [0.1, 0.15) is 23.8 Å². The van der Waals surface area contributed by atoms with Gasteiger partial charge in [0.25, 0.3) is 11.1 Å². The van der Waals surface area contributed by atoms with E-state index in [0.717, 1.165) is 4.57 Å². The third-order valence-electron chi connectivity index (χ3n) is 5.01. The summed E-state index contributed by atoms with van der Waals surface area (Å²) < 4.78 is 9.04. The van der Waals surface area contributed by atoms with Crippen molar-refractivity contribution in [3.8, 4) is 0 Å². The van der Waals surface area contributed by atoms with Crippen molar-refractivity contribution in [1.29, 1.82) is 0 Å². The van der Waals surface area contributed by atoms with Gasteiger partial charge in [-0.3, -0.25) is 28.3 Å². The maximum absolute atomic E-state index is 13.0. The first-order valence-electron chi connectivity index (χ1n) is 9.20. The van der Waals surface area contributed by atoms with E-state index in [1.54, 1.807) is 0 Å². The molecule has 2 aromatic heterocycles. The lowest BCUT2D eigenvalue weighted by atomic mass is 10.1. The zero-order valence-corrected chi connectivity index (χ0v) is 16.4. The van der Waals surface area contributed by atoms with Gasteiger partial charge in [-0.2, -0.15) is 0 Å². The van der Waals surface area contributed by atoms with Gasteiger partial charge in [-0.05, 0) is 19.4 Å². The van der Waals surface area contributed by atoms with Crippen molar-refractivity contribution in [2.75, 3.05) is 6.61 Å². The number of nitrogens with one attached hydrogen (secondary N) is 1. The fourth-order valence-electron chi connectivity index (χ4n) is 3.39. The maximum Gasteiger partial charge on any atom is 0.333 e. The summed E-state index contributed by atoms with van der Waals surface area (Å²) in [5, 5.41) is 13.0. The van der Waals surface area contributed by atoms with Gasteiger partial charge in [0.05, 0.1) is 18.8 Å². The highest BCUT2D eigenvalue weighted by Gasteiger charge is 2.36. The van der Waals surface area contributed by atoms with Crippen molar-refractivity contribution in [1.82, 2.24) is 18.7 Å². The molecule has 13 nitrogen and oxygen atoms in total. The zero-order valence-electron chi connectivity index (χ0n) is 16.4. The molecular formula is C17H21N7O6. The molecule has 0 unspecified atom stereocenters. The summed E-state index contributed by atoms with van der Waals surface area (Å²) >= 11 is 0. The molecular weight excluding hydrogens is 398 g/mol. The van der Waals surface area contributed by atoms with E-state index in [4.69, 9.17) is 10.3 Å². The van der Waals surface area contributed by atoms with Gasteiger partial charge in [0.2, 0.25) is 0 Å². The van der Waals surface area contributed by atoms with Crippen LogP contribution in [0.2, 0.25) is 0 Å². The third-order valence-corrected chi connectivity index (χ3v) is 5.01. The molecule has 0 saturated carbocycles. The molecule has 0 aromatic carbocycles. The molecule has 1 saturated heterocycles. The van der Waals surface area contributed by atoms with Crippen LogP contribution in [0.5, 0.6) is 0 Å². The van der Waals surface area contributed by atoms with Crippen LogP contribution in [0.15, 0.2) is 36.7 Å². The number of azide groups is 1. The Morgan fingerprint density at radius 3 is 2.63 bits per heavy atom. The average molecular weight is 419 g/mol. The van der Waals surface area contributed by atoms with Crippen LogP contribution >= 0.6 is 0 Å². The average Bonchev–Trinajstić information content (AvgIpc) is 3.11. The molecule has 3 rings (SSSR count). The van der Waals surface area contributed by atoms with E-state index >= 15 is 0 Å². The number of rotatable bonds is 6. The molecule has 30 heavy (non-hydrogen) atoms. The van der Waals surface area contributed by atoms with Gasteiger partial charge in [-0.15, -0.1) is 0 Å². The van der Waals surface area contributed by atoms with Crippen LogP contribution in [-0.2, 0) is 17.8 Å². The van der Waals surface area contributed by atoms with Crippen LogP contribution in [0.25, 0.3) is 10.4 Å². The second kappa shape index (κ2) is 8.53. The van der Waals surface area contributed by atoms with Gasteiger partial charge >= 0.3 is 11.4 Å². The molecule has 1 fully saturated rings. The molecule has 160 valence electrons. The molecule has 2 N–H and O–H groups in total. The first-order valence-corrected chi connectivity index (χ1v) is 9.20. The van der Waals surface area contributed by atoms with E-state index in [2.05, 4.69) is 15.0 Å². The van der Waals surface area contributed by atoms with Crippen LogP contribution < -0.4 is 22.5 Å². The smallest absolute Gasteiger partial charge is 0.333 e. The predicted octanol–water partition coefficient (Wildman–Crippen LogP) is -0.864. The molecule has 0 spiro atoms. The molecule has 0 bridgehead atoms. The number of aromatic nitrogens is 4. The van der Waals surface area contributed by atoms with Gasteiger partial charge in [0.1, 0.15) is 6.23 Å². The van der Waals surface area contributed by atoms with Crippen molar-refractivity contribution in [2.45, 2.75) is 51.7 Å². The largest absolute Gasteiger partial charge is 0.394 e. The van der Waals surface area contributed by atoms with Crippen molar-refractivity contribution in [3.63, 3.8) is 0 Å². The number of ether oxygens (including phenoxy) is 1. The first-order chi connectivity index (χ1) is 14.3. The number of hydrogen-bond acceptors (Lipinski definition) is 7. The summed E-state index contributed by atoms with van der Waals surface area (Å²) in [7, 11) is 0. The van der Waals surface area contributed by atoms with Crippen molar-refractivity contribution < 1.29 is 9.84 Å². The van der Waals surface area contributed by atoms with Gasteiger partial charge in [-0.1, -0.05) is 5.11 Å². The maximum atomic E-state index is 13.0. The lowest BCUT2D eigenvalue weighted by Crippen LogP contribution is -2.43. The molecule has 1 aliphatic rings. The van der Waals surface area contributed by atoms with E-state index in [1.165, 1.54) is 35.4 Å². The number of hydrogen-bond donors (Lipinski definition) is 2. The summed E-state index contributed by atoms with van der Waals surface area (Å²) in [6.45, 7) is 2.56. The monoisotopic (exact) mass is 419 g/mol. The van der Waals surface area contributed by atoms with Gasteiger partial charge < -0.3 is 9.84 Å². The Labute approximate surface area is 168 Å². The molecule has 1 aliphatic heterocycles. The van der Waals surface area contributed by atoms with E-state index in [1.807, 2.05) is 0 Å². The second-order valence-corrected chi connectivity index (χ2v) is 7.04. The molecule has 3 heterocycles. The van der Waals surface area contributed by atoms with Gasteiger partial charge in [-0.25, -0.2) is 9.59 Å². The number of aliphatic hydroxyl groups excluding tert-OH is 1. The summed E-state index contributed by atoms with van der Waals surface area (Å²) in [5.41, 5.74) is 6.94. The van der Waals surface area contributed by atoms with Gasteiger partial charge in [0.15, 0.2) is 0 Å². The topological polar surface area (TPSA) is 177 Å². The SMILES string of the molecule is Cc1cn(CCn2c(=O)c(C)cn([C@H]3C[C@H](N=[N+]=[N-])[C@@H](CO)O3)c2=O)c(=O)[nH]c1=O. The first kappa shape index (κ1) is 21.3. The summed E-state index contributed by atoms with van der Waals surface area (Å²) in [6, 6.07) is -0.653. The summed E-state index contributed by atoms with van der Waals surface area (Å²) in [4.78, 5) is 53.8. The Hall–Kier alpha value is -3.41. The van der Waals surface area contributed by atoms with Crippen LogP contribution in [-0.4, -0.2) is 42.5 Å². The molecule has 0 amide bonds. The van der Waals surface area contributed by atoms with Crippen LogP contribution in [0, 0.1) is 13.8 Å². The Morgan fingerprint density at radius 2 is 1.97 bits per heavy atom. The van der Waals surface area contributed by atoms with E-state index in [0.29, 0.717) is 5.56 Å². The Bertz CT molecular complexity index is 1230. The van der Waals surface area contributed by atoms with Crippen molar-refractivity contribution in [3.05, 3.63) is 75.6 Å². The lowest BCUT2D eigenvalue weighted by Gasteiger charge is -2.18. The fourth-order valence-corrected chi connectivity index (χ4v) is 3.39. The molecule has 0 aliphatic carbocycles. The van der Waals surface area contributed by atoms with Crippen LogP contribution in [0.4, 0.5) is 0 Å². The minimum atomic E-state index is -0.825. The number of aliphatic hydroxyl groups is 1. The van der Waals surface area contributed by atoms with E-state index < -0.39 is 40.9 Å². The van der Waals surface area contributed by atoms with E-state index in [9.17, 15) is 24.3 Å². The Kier molecular flexibility index (Phi) is 6.06. The third kappa shape index (κ3) is 3.99. The molecule has 13 heteroatoms. The highest BCUT2D eigenvalue weighted by molar-refractivity contribution is 5.05.